The van der Waals surface area contributed by atoms with Gasteiger partial charge in [-0.15, -0.1) is 0 Å². The van der Waals surface area contributed by atoms with Gasteiger partial charge in [-0.05, 0) is 63.3 Å². The molecule has 1 unspecified atom stereocenters. The molecule has 2 aliphatic carbocycles. The Labute approximate surface area is 116 Å². The van der Waals surface area contributed by atoms with Crippen LogP contribution < -0.4 is 5.73 Å². The first-order valence-corrected chi connectivity index (χ1v) is 8.95. The molecule has 0 radical (unpaired) electrons. The van der Waals surface area contributed by atoms with Gasteiger partial charge in [-0.2, -0.15) is 11.8 Å². The van der Waals surface area contributed by atoms with E-state index in [1.807, 2.05) is 0 Å². The van der Waals surface area contributed by atoms with Crippen molar-refractivity contribution in [2.75, 3.05) is 25.9 Å². The van der Waals surface area contributed by atoms with Gasteiger partial charge < -0.3 is 5.73 Å². The van der Waals surface area contributed by atoms with Gasteiger partial charge in [-0.3, -0.25) is 4.90 Å². The van der Waals surface area contributed by atoms with E-state index >= 15 is 0 Å². The van der Waals surface area contributed by atoms with Crippen molar-refractivity contribution in [2.45, 2.75) is 62.2 Å². The second kappa shape index (κ2) is 4.99. The maximum atomic E-state index is 6.10. The molecule has 0 aromatic carbocycles. The van der Waals surface area contributed by atoms with E-state index in [-0.39, 0.29) is 0 Å². The van der Waals surface area contributed by atoms with Gasteiger partial charge in [0.1, 0.15) is 0 Å². The molecule has 18 heavy (non-hydrogen) atoms. The van der Waals surface area contributed by atoms with Crippen LogP contribution in [0.2, 0.25) is 0 Å². The van der Waals surface area contributed by atoms with Crippen LogP contribution in [-0.2, 0) is 0 Å². The highest BCUT2D eigenvalue weighted by molar-refractivity contribution is 8.00. The normalized spacial score (nSPS) is 31.7. The average molecular weight is 268 g/mol. The molecule has 2 nitrogen and oxygen atoms in total. The first kappa shape index (κ1) is 13.3. The van der Waals surface area contributed by atoms with E-state index in [4.69, 9.17) is 5.73 Å². The summed E-state index contributed by atoms with van der Waals surface area (Å²) in [6, 6.07) is 0.645. The number of likely N-dealkylation sites (tertiary alicyclic amines) is 1. The summed E-state index contributed by atoms with van der Waals surface area (Å²) in [5.41, 5.74) is 6.84. The molecule has 0 amide bonds. The first-order valence-electron chi connectivity index (χ1n) is 7.73. The topological polar surface area (TPSA) is 29.3 Å². The Bertz CT molecular complexity index is 285. The summed E-state index contributed by atoms with van der Waals surface area (Å²) >= 11 is 2.07. The van der Waals surface area contributed by atoms with Crippen molar-refractivity contribution in [1.29, 1.82) is 0 Å². The second-order valence-corrected chi connectivity index (χ2v) is 7.98. The highest BCUT2D eigenvalue weighted by Gasteiger charge is 2.51. The Balaban J connectivity index is 1.61. The summed E-state index contributed by atoms with van der Waals surface area (Å²) < 4.78 is 0.523. The van der Waals surface area contributed by atoms with Crippen LogP contribution in [0, 0.1) is 5.41 Å². The van der Waals surface area contributed by atoms with E-state index < -0.39 is 0 Å². The number of rotatable bonds is 4. The predicted molar refractivity (Wildman–Crippen MR) is 80.0 cm³/mol. The molecule has 104 valence electrons. The molecule has 3 fully saturated rings. The van der Waals surface area contributed by atoms with Crippen molar-refractivity contribution in [3.8, 4) is 0 Å². The van der Waals surface area contributed by atoms with Gasteiger partial charge in [0.15, 0.2) is 0 Å². The van der Waals surface area contributed by atoms with Crippen molar-refractivity contribution in [3.63, 3.8) is 0 Å². The van der Waals surface area contributed by atoms with Crippen LogP contribution in [-0.4, -0.2) is 41.6 Å². The monoisotopic (exact) mass is 268 g/mol. The van der Waals surface area contributed by atoms with Gasteiger partial charge in [0, 0.05) is 17.3 Å². The molecule has 3 aliphatic rings. The van der Waals surface area contributed by atoms with Crippen LogP contribution in [0.1, 0.15) is 51.4 Å². The van der Waals surface area contributed by atoms with E-state index in [9.17, 15) is 0 Å². The molecule has 2 N–H and O–H groups in total. The molecule has 0 aromatic rings. The lowest BCUT2D eigenvalue weighted by Crippen LogP contribution is -2.52. The quantitative estimate of drug-likeness (QED) is 0.850. The molecular weight excluding hydrogens is 240 g/mol. The fourth-order valence-electron chi connectivity index (χ4n) is 4.43. The predicted octanol–water partition coefficient (Wildman–Crippen LogP) is 2.87. The van der Waals surface area contributed by atoms with E-state index in [2.05, 4.69) is 22.9 Å². The van der Waals surface area contributed by atoms with Crippen molar-refractivity contribution in [3.05, 3.63) is 0 Å². The summed E-state index contributed by atoms with van der Waals surface area (Å²) in [5, 5.41) is 0. The minimum absolute atomic E-state index is 0.523. The van der Waals surface area contributed by atoms with Crippen LogP contribution in [0.3, 0.4) is 0 Å². The molecule has 1 saturated heterocycles. The number of hydrogen-bond donors (Lipinski definition) is 1. The summed E-state index contributed by atoms with van der Waals surface area (Å²) in [5.74, 6) is 0. The van der Waals surface area contributed by atoms with Crippen molar-refractivity contribution >= 4 is 11.8 Å². The number of nitrogens with two attached hydrogens (primary N) is 1. The van der Waals surface area contributed by atoms with Crippen molar-refractivity contribution in [1.82, 2.24) is 4.90 Å². The van der Waals surface area contributed by atoms with Crippen LogP contribution in [0.5, 0.6) is 0 Å². The summed E-state index contributed by atoms with van der Waals surface area (Å²) in [6.07, 6.45) is 13.9. The zero-order valence-electron chi connectivity index (χ0n) is 11.8. The van der Waals surface area contributed by atoms with Gasteiger partial charge in [-0.1, -0.05) is 12.8 Å². The fraction of sp³-hybridized carbons (Fsp3) is 1.00. The smallest absolute Gasteiger partial charge is 0.0365 e. The number of piperidine rings is 1. The molecule has 1 aliphatic heterocycles. The molecule has 0 bridgehead atoms. The maximum absolute atomic E-state index is 6.10. The molecule has 1 spiro atoms. The molecule has 1 atom stereocenters. The lowest BCUT2D eigenvalue weighted by atomic mass is 9.76. The third-order valence-corrected chi connectivity index (χ3v) is 7.44. The minimum Gasteiger partial charge on any atom is -0.329 e. The zero-order chi connectivity index (χ0) is 12.6. The highest BCUT2D eigenvalue weighted by Crippen LogP contribution is 2.53. The van der Waals surface area contributed by atoms with Crippen molar-refractivity contribution < 1.29 is 0 Å². The Kier molecular flexibility index (Phi) is 3.68. The summed E-state index contributed by atoms with van der Waals surface area (Å²) in [7, 11) is 0. The number of thioether (sulfide) groups is 1. The highest BCUT2D eigenvalue weighted by atomic mass is 32.2. The maximum Gasteiger partial charge on any atom is 0.0365 e. The van der Waals surface area contributed by atoms with Crippen LogP contribution in [0.25, 0.3) is 0 Å². The lowest BCUT2D eigenvalue weighted by Gasteiger charge is -2.44. The third-order valence-electron chi connectivity index (χ3n) is 5.94. The fourth-order valence-corrected chi connectivity index (χ4v) is 5.46. The van der Waals surface area contributed by atoms with E-state index in [1.54, 1.807) is 0 Å². The first-order chi connectivity index (χ1) is 8.74. The minimum atomic E-state index is 0.523. The summed E-state index contributed by atoms with van der Waals surface area (Å²) in [6.45, 7) is 3.47. The number of hydrogen-bond acceptors (Lipinski definition) is 3. The number of nitrogens with zero attached hydrogens (tertiary/aromatic N) is 1. The largest absolute Gasteiger partial charge is 0.329 e. The third kappa shape index (κ3) is 2.23. The van der Waals surface area contributed by atoms with Crippen LogP contribution >= 0.6 is 11.8 Å². The van der Waals surface area contributed by atoms with Gasteiger partial charge >= 0.3 is 0 Å². The molecule has 2 saturated carbocycles. The second-order valence-electron chi connectivity index (χ2n) is 6.76. The summed E-state index contributed by atoms with van der Waals surface area (Å²) in [4.78, 5) is 2.73. The van der Waals surface area contributed by atoms with E-state index in [0.717, 1.165) is 12.0 Å². The SMILES string of the molecule is CSC1(C(CN)N2CCC3(CCCC3)CC2)CC1. The zero-order valence-corrected chi connectivity index (χ0v) is 12.6. The van der Waals surface area contributed by atoms with Crippen molar-refractivity contribution in [2.24, 2.45) is 11.1 Å². The van der Waals surface area contributed by atoms with Gasteiger partial charge in [-0.25, -0.2) is 0 Å². The van der Waals surface area contributed by atoms with E-state index in [0.29, 0.717) is 10.8 Å². The Hall–Kier alpha value is 0.270. The Morgan fingerprint density at radius 2 is 1.67 bits per heavy atom. The molecule has 3 heteroatoms. The molecule has 0 aromatic heterocycles. The lowest BCUT2D eigenvalue weighted by molar-refractivity contribution is 0.0749. The molecule has 3 rings (SSSR count). The van der Waals surface area contributed by atoms with Gasteiger partial charge in [0.2, 0.25) is 0 Å². The van der Waals surface area contributed by atoms with E-state index in [1.165, 1.54) is 64.5 Å². The van der Waals surface area contributed by atoms with Gasteiger partial charge in [0.05, 0.1) is 0 Å². The molecular formula is C15H28N2S. The molecule has 1 heterocycles. The van der Waals surface area contributed by atoms with Gasteiger partial charge in [0.25, 0.3) is 0 Å². The van der Waals surface area contributed by atoms with Crippen LogP contribution in [0.15, 0.2) is 0 Å². The Morgan fingerprint density at radius 3 is 2.11 bits per heavy atom. The average Bonchev–Trinajstić information content (AvgIpc) is 3.07. The standard InChI is InChI=1S/C15H28N2S/c1-18-15(6-7-15)13(12-16)17-10-8-14(9-11-17)4-2-3-5-14/h13H,2-12,16H2,1H3. The Morgan fingerprint density at radius 1 is 1.06 bits per heavy atom. The van der Waals surface area contributed by atoms with Crippen LogP contribution in [0.4, 0.5) is 0 Å².